The summed E-state index contributed by atoms with van der Waals surface area (Å²) in [4.78, 5) is 16.4. The summed E-state index contributed by atoms with van der Waals surface area (Å²) >= 11 is 1.58. The Morgan fingerprint density at radius 1 is 1.26 bits per heavy atom. The molecule has 1 aliphatic carbocycles. The molecule has 0 unspecified atom stereocenters. The zero-order valence-electron chi connectivity index (χ0n) is 12.9. The minimum absolute atomic E-state index is 0.180. The Morgan fingerprint density at radius 3 is 2.83 bits per heavy atom. The Morgan fingerprint density at radius 2 is 2.09 bits per heavy atom. The lowest BCUT2D eigenvalue weighted by Gasteiger charge is -2.11. The largest absolute Gasteiger partial charge is 0.393 e. The lowest BCUT2D eigenvalue weighted by molar-refractivity contribution is 0.177. The molecule has 5 nitrogen and oxygen atoms in total. The van der Waals surface area contributed by atoms with Gasteiger partial charge in [0.1, 0.15) is 5.01 Å². The minimum atomic E-state index is -0.198. The molecule has 1 aliphatic rings. The molecule has 0 saturated heterocycles. The smallest absolute Gasteiger partial charge is 0.315 e. The number of aliphatic hydroxyl groups is 1. The fourth-order valence-electron chi connectivity index (χ4n) is 2.81. The van der Waals surface area contributed by atoms with E-state index in [1.807, 2.05) is 35.7 Å². The molecule has 1 aromatic carbocycles. The van der Waals surface area contributed by atoms with Crippen molar-refractivity contribution in [1.29, 1.82) is 0 Å². The monoisotopic (exact) mass is 331 g/mol. The number of nitrogens with zero attached hydrogens (tertiary/aromatic N) is 1. The van der Waals surface area contributed by atoms with Gasteiger partial charge >= 0.3 is 6.03 Å². The molecule has 0 spiro atoms. The third-order valence-corrected chi connectivity index (χ3v) is 5.01. The zero-order valence-corrected chi connectivity index (χ0v) is 13.7. The Kier molecular flexibility index (Phi) is 5.25. The molecule has 1 saturated carbocycles. The van der Waals surface area contributed by atoms with E-state index in [9.17, 15) is 9.90 Å². The number of benzene rings is 1. The first-order valence-corrected chi connectivity index (χ1v) is 8.78. The highest BCUT2D eigenvalue weighted by Crippen LogP contribution is 2.24. The molecule has 3 N–H and O–H groups in total. The van der Waals surface area contributed by atoms with Crippen LogP contribution in [0.5, 0.6) is 0 Å². The Bertz CT molecular complexity index is 644. The number of aliphatic hydroxyl groups excluding tert-OH is 1. The summed E-state index contributed by atoms with van der Waals surface area (Å²) in [6, 6.07) is 9.83. The SMILES string of the molecule is O=C(NCc1csc(-c2ccccc2)n1)NC[C@@H]1CC[C@@H](O)C1. The van der Waals surface area contributed by atoms with Gasteiger partial charge in [-0.3, -0.25) is 0 Å². The highest BCUT2D eigenvalue weighted by Gasteiger charge is 2.22. The van der Waals surface area contributed by atoms with Crippen molar-refractivity contribution >= 4 is 17.4 Å². The van der Waals surface area contributed by atoms with E-state index in [1.54, 1.807) is 11.3 Å². The Hall–Kier alpha value is -1.92. The van der Waals surface area contributed by atoms with Gasteiger partial charge < -0.3 is 15.7 Å². The molecule has 0 bridgehead atoms. The summed E-state index contributed by atoms with van der Waals surface area (Å²) in [6.45, 7) is 1.04. The van der Waals surface area contributed by atoms with E-state index in [4.69, 9.17) is 0 Å². The summed E-state index contributed by atoms with van der Waals surface area (Å²) < 4.78 is 0. The van der Waals surface area contributed by atoms with Crippen LogP contribution in [0.1, 0.15) is 25.0 Å². The summed E-state index contributed by atoms with van der Waals surface area (Å²) in [7, 11) is 0. The zero-order chi connectivity index (χ0) is 16.1. The van der Waals surface area contributed by atoms with Gasteiger partial charge in [0.25, 0.3) is 0 Å². The van der Waals surface area contributed by atoms with Crippen LogP contribution in [0.25, 0.3) is 10.6 Å². The standard InChI is InChI=1S/C17H21N3O2S/c21-15-7-6-12(8-15)9-18-17(22)19-10-14-11-23-16(20-14)13-4-2-1-3-5-13/h1-5,11-12,15,21H,6-10H2,(H2,18,19,22)/t12-,15-/m1/s1. The van der Waals surface area contributed by atoms with Crippen molar-refractivity contribution in [3.63, 3.8) is 0 Å². The number of carbonyl (C=O) groups is 1. The van der Waals surface area contributed by atoms with E-state index in [1.165, 1.54) is 0 Å². The summed E-state index contributed by atoms with van der Waals surface area (Å²) in [5.74, 6) is 0.389. The number of urea groups is 1. The maximum Gasteiger partial charge on any atom is 0.315 e. The van der Waals surface area contributed by atoms with Crippen molar-refractivity contribution in [2.45, 2.75) is 31.9 Å². The van der Waals surface area contributed by atoms with Crippen molar-refractivity contribution in [3.05, 3.63) is 41.4 Å². The lowest BCUT2D eigenvalue weighted by Crippen LogP contribution is -2.37. The Balaban J connectivity index is 1.43. The molecule has 3 rings (SSSR count). The summed E-state index contributed by atoms with van der Waals surface area (Å²) in [5, 5.41) is 18.1. The maximum atomic E-state index is 11.8. The van der Waals surface area contributed by atoms with Crippen LogP contribution in [-0.4, -0.2) is 28.8 Å². The first-order valence-electron chi connectivity index (χ1n) is 7.90. The van der Waals surface area contributed by atoms with Crippen molar-refractivity contribution in [2.75, 3.05) is 6.54 Å². The predicted molar refractivity (Wildman–Crippen MR) is 91.1 cm³/mol. The summed E-state index contributed by atoms with van der Waals surface area (Å²) in [5.41, 5.74) is 1.95. The minimum Gasteiger partial charge on any atom is -0.393 e. The highest BCUT2D eigenvalue weighted by atomic mass is 32.1. The number of hydrogen-bond acceptors (Lipinski definition) is 4. The van der Waals surface area contributed by atoms with E-state index in [0.29, 0.717) is 19.0 Å². The maximum absolute atomic E-state index is 11.8. The van der Waals surface area contributed by atoms with Crippen LogP contribution in [-0.2, 0) is 6.54 Å². The van der Waals surface area contributed by atoms with Crippen molar-refractivity contribution < 1.29 is 9.90 Å². The fourth-order valence-corrected chi connectivity index (χ4v) is 3.63. The lowest BCUT2D eigenvalue weighted by atomic mass is 10.1. The number of rotatable bonds is 5. The van der Waals surface area contributed by atoms with E-state index >= 15 is 0 Å². The molecule has 2 aromatic rings. The van der Waals surface area contributed by atoms with E-state index in [2.05, 4.69) is 15.6 Å². The number of aromatic nitrogens is 1. The van der Waals surface area contributed by atoms with Crippen LogP contribution in [0, 0.1) is 5.92 Å². The molecule has 23 heavy (non-hydrogen) atoms. The molecule has 6 heteroatoms. The number of nitrogens with one attached hydrogen (secondary N) is 2. The number of thiazole rings is 1. The van der Waals surface area contributed by atoms with Gasteiger partial charge in [0.15, 0.2) is 0 Å². The van der Waals surface area contributed by atoms with Crippen molar-refractivity contribution in [1.82, 2.24) is 15.6 Å². The van der Waals surface area contributed by atoms with Gasteiger partial charge in [-0.05, 0) is 25.2 Å². The first kappa shape index (κ1) is 16.0. The highest BCUT2D eigenvalue weighted by molar-refractivity contribution is 7.13. The van der Waals surface area contributed by atoms with Gasteiger partial charge in [-0.25, -0.2) is 9.78 Å². The molecule has 122 valence electrons. The number of carbonyl (C=O) groups excluding carboxylic acids is 1. The van der Waals surface area contributed by atoms with Crippen LogP contribution in [0.15, 0.2) is 35.7 Å². The van der Waals surface area contributed by atoms with Crippen LogP contribution in [0.2, 0.25) is 0 Å². The molecule has 0 radical (unpaired) electrons. The van der Waals surface area contributed by atoms with Crippen molar-refractivity contribution in [3.8, 4) is 10.6 Å². The molecular weight excluding hydrogens is 310 g/mol. The van der Waals surface area contributed by atoms with Gasteiger partial charge in [0, 0.05) is 17.5 Å². The second kappa shape index (κ2) is 7.57. The van der Waals surface area contributed by atoms with E-state index in [-0.39, 0.29) is 12.1 Å². The second-order valence-corrected chi connectivity index (χ2v) is 6.76. The first-order chi connectivity index (χ1) is 11.2. The molecule has 2 atom stereocenters. The van der Waals surface area contributed by atoms with Gasteiger partial charge in [0.2, 0.25) is 0 Å². The van der Waals surface area contributed by atoms with Crippen LogP contribution in [0.3, 0.4) is 0 Å². The molecule has 2 amide bonds. The summed E-state index contributed by atoms with van der Waals surface area (Å²) in [6.07, 6.45) is 2.41. The molecular formula is C17H21N3O2S. The van der Waals surface area contributed by atoms with Gasteiger partial charge in [-0.1, -0.05) is 30.3 Å². The molecule has 1 heterocycles. The van der Waals surface area contributed by atoms with Gasteiger partial charge in [-0.15, -0.1) is 11.3 Å². The number of amides is 2. The fraction of sp³-hybridized carbons (Fsp3) is 0.412. The Labute approximate surface area is 139 Å². The average Bonchev–Trinajstić information content (AvgIpc) is 3.21. The number of hydrogen-bond donors (Lipinski definition) is 3. The van der Waals surface area contributed by atoms with Crippen LogP contribution < -0.4 is 10.6 Å². The van der Waals surface area contributed by atoms with Gasteiger partial charge in [0.05, 0.1) is 18.3 Å². The van der Waals surface area contributed by atoms with E-state index < -0.39 is 0 Å². The molecule has 0 aliphatic heterocycles. The molecule has 1 aromatic heterocycles. The average molecular weight is 331 g/mol. The third-order valence-electron chi connectivity index (χ3n) is 4.07. The second-order valence-electron chi connectivity index (χ2n) is 5.91. The quantitative estimate of drug-likeness (QED) is 0.789. The van der Waals surface area contributed by atoms with E-state index in [0.717, 1.165) is 35.5 Å². The van der Waals surface area contributed by atoms with Crippen molar-refractivity contribution in [2.24, 2.45) is 5.92 Å². The van der Waals surface area contributed by atoms with Crippen LogP contribution >= 0.6 is 11.3 Å². The van der Waals surface area contributed by atoms with Gasteiger partial charge in [-0.2, -0.15) is 0 Å². The topological polar surface area (TPSA) is 74.2 Å². The third kappa shape index (κ3) is 4.53. The van der Waals surface area contributed by atoms with Crippen LogP contribution in [0.4, 0.5) is 4.79 Å². The molecule has 1 fully saturated rings. The normalized spacial score (nSPS) is 20.4. The predicted octanol–water partition coefficient (Wildman–Crippen LogP) is 2.77.